The van der Waals surface area contributed by atoms with E-state index in [1.54, 1.807) is 32.2 Å². The number of ether oxygens (including phenoxy) is 2. The third-order valence-corrected chi connectivity index (χ3v) is 3.26. The lowest BCUT2D eigenvalue weighted by atomic mass is 9.97. The van der Waals surface area contributed by atoms with E-state index in [-0.39, 0.29) is 18.2 Å². The maximum atomic E-state index is 12.3. The van der Waals surface area contributed by atoms with Gasteiger partial charge in [0.1, 0.15) is 5.75 Å². The van der Waals surface area contributed by atoms with Crippen LogP contribution in [0.1, 0.15) is 55.5 Å². The third-order valence-electron chi connectivity index (χ3n) is 3.26. The minimum absolute atomic E-state index is 0.0571. The van der Waals surface area contributed by atoms with Gasteiger partial charge in [0.05, 0.1) is 20.1 Å². The number of methoxy groups -OCH3 is 1. The van der Waals surface area contributed by atoms with Crippen molar-refractivity contribution in [2.24, 2.45) is 0 Å². The lowest BCUT2D eigenvalue weighted by Gasteiger charge is -2.10. The Balaban J connectivity index is 2.90. The van der Waals surface area contributed by atoms with Crippen LogP contribution < -0.4 is 4.74 Å². The van der Waals surface area contributed by atoms with Crippen LogP contribution in [0.4, 0.5) is 0 Å². The summed E-state index contributed by atoms with van der Waals surface area (Å²) in [6.45, 7) is 4.21. The van der Waals surface area contributed by atoms with Gasteiger partial charge in [0, 0.05) is 12.0 Å². The van der Waals surface area contributed by atoms with E-state index in [4.69, 9.17) is 9.47 Å². The maximum Gasteiger partial charge on any atom is 0.310 e. The number of hydrogen-bond donors (Lipinski definition) is 0. The second-order valence-electron chi connectivity index (χ2n) is 4.89. The van der Waals surface area contributed by atoms with E-state index >= 15 is 0 Å². The monoisotopic (exact) mass is 292 g/mol. The van der Waals surface area contributed by atoms with Crippen LogP contribution in [0, 0.1) is 0 Å². The molecule has 0 N–H and O–H groups in total. The molecule has 0 bridgehead atoms. The van der Waals surface area contributed by atoms with Crippen molar-refractivity contribution in [1.29, 1.82) is 0 Å². The summed E-state index contributed by atoms with van der Waals surface area (Å²) < 4.78 is 10.1. The first-order chi connectivity index (χ1) is 10.1. The second-order valence-corrected chi connectivity index (χ2v) is 4.89. The van der Waals surface area contributed by atoms with Crippen LogP contribution in [0.5, 0.6) is 5.75 Å². The van der Waals surface area contributed by atoms with Crippen molar-refractivity contribution < 1.29 is 19.1 Å². The number of esters is 1. The lowest BCUT2D eigenvalue weighted by molar-refractivity contribution is -0.142. The molecule has 0 saturated carbocycles. The molecular weight excluding hydrogens is 268 g/mol. The number of Topliss-reactive ketones (excluding diaryl/α,β-unsaturated/α-hetero) is 1. The molecule has 4 heteroatoms. The SMILES string of the molecule is CCCCCC(=O)c1cc(OC)ccc1CC(=O)OCC. The number of ketones is 1. The van der Waals surface area contributed by atoms with Crippen LogP contribution in [-0.4, -0.2) is 25.5 Å². The molecule has 1 aromatic carbocycles. The summed E-state index contributed by atoms with van der Waals surface area (Å²) in [6.07, 6.45) is 3.58. The van der Waals surface area contributed by atoms with Crippen LogP contribution in [0.2, 0.25) is 0 Å². The topological polar surface area (TPSA) is 52.6 Å². The Morgan fingerprint density at radius 1 is 1.14 bits per heavy atom. The molecule has 0 aliphatic carbocycles. The van der Waals surface area contributed by atoms with Crippen LogP contribution in [-0.2, 0) is 16.0 Å². The van der Waals surface area contributed by atoms with Gasteiger partial charge in [-0.2, -0.15) is 0 Å². The van der Waals surface area contributed by atoms with Gasteiger partial charge in [-0.05, 0) is 31.0 Å². The van der Waals surface area contributed by atoms with Crippen molar-refractivity contribution in [2.75, 3.05) is 13.7 Å². The van der Waals surface area contributed by atoms with Crippen molar-refractivity contribution in [3.63, 3.8) is 0 Å². The van der Waals surface area contributed by atoms with E-state index in [9.17, 15) is 9.59 Å². The summed E-state index contributed by atoms with van der Waals surface area (Å²) in [5.74, 6) is 0.369. The molecule has 4 nitrogen and oxygen atoms in total. The van der Waals surface area contributed by atoms with Crippen molar-refractivity contribution in [3.8, 4) is 5.75 Å². The molecule has 21 heavy (non-hydrogen) atoms. The van der Waals surface area contributed by atoms with E-state index in [2.05, 4.69) is 6.92 Å². The third kappa shape index (κ3) is 5.58. The number of carbonyl (C=O) groups excluding carboxylic acids is 2. The zero-order valence-corrected chi connectivity index (χ0v) is 13.1. The molecule has 0 unspecified atom stereocenters. The zero-order valence-electron chi connectivity index (χ0n) is 13.1. The molecule has 116 valence electrons. The normalized spacial score (nSPS) is 10.2. The fraction of sp³-hybridized carbons (Fsp3) is 0.529. The van der Waals surface area contributed by atoms with Crippen molar-refractivity contribution >= 4 is 11.8 Å². The average Bonchev–Trinajstić information content (AvgIpc) is 2.48. The van der Waals surface area contributed by atoms with Gasteiger partial charge in [-0.1, -0.05) is 25.8 Å². The van der Waals surface area contributed by atoms with Gasteiger partial charge in [0.2, 0.25) is 0 Å². The van der Waals surface area contributed by atoms with E-state index in [1.807, 2.05) is 0 Å². The highest BCUT2D eigenvalue weighted by atomic mass is 16.5. The van der Waals surface area contributed by atoms with Crippen molar-refractivity contribution in [2.45, 2.75) is 46.0 Å². The van der Waals surface area contributed by atoms with Gasteiger partial charge < -0.3 is 9.47 Å². The quantitative estimate of drug-likeness (QED) is 0.397. The summed E-state index contributed by atoms with van der Waals surface area (Å²) in [4.78, 5) is 24.0. The first kappa shape index (κ1) is 17.2. The average molecular weight is 292 g/mol. The Morgan fingerprint density at radius 3 is 2.52 bits per heavy atom. The molecule has 0 spiro atoms. The van der Waals surface area contributed by atoms with E-state index in [0.29, 0.717) is 29.9 Å². The summed E-state index contributed by atoms with van der Waals surface area (Å²) >= 11 is 0. The Bertz CT molecular complexity index is 480. The molecule has 0 fully saturated rings. The first-order valence-electron chi connectivity index (χ1n) is 7.48. The lowest BCUT2D eigenvalue weighted by Crippen LogP contribution is -2.12. The molecule has 0 aliphatic heterocycles. The summed E-state index contributed by atoms with van der Waals surface area (Å²) in [5.41, 5.74) is 1.27. The minimum Gasteiger partial charge on any atom is -0.497 e. The van der Waals surface area contributed by atoms with Gasteiger partial charge in [-0.15, -0.1) is 0 Å². The highest BCUT2D eigenvalue weighted by Crippen LogP contribution is 2.21. The van der Waals surface area contributed by atoms with Gasteiger partial charge in [-0.3, -0.25) is 9.59 Å². The Kier molecular flexibility index (Phi) is 7.51. The maximum absolute atomic E-state index is 12.3. The highest BCUT2D eigenvalue weighted by Gasteiger charge is 2.15. The molecule has 1 aromatic rings. The molecule has 0 aromatic heterocycles. The van der Waals surface area contributed by atoms with Gasteiger partial charge in [-0.25, -0.2) is 0 Å². The summed E-state index contributed by atoms with van der Waals surface area (Å²) in [5, 5.41) is 0. The number of benzene rings is 1. The van der Waals surface area contributed by atoms with Gasteiger partial charge in [0.25, 0.3) is 0 Å². The highest BCUT2D eigenvalue weighted by molar-refractivity contribution is 5.98. The predicted molar refractivity (Wildman–Crippen MR) is 81.8 cm³/mol. The minimum atomic E-state index is -0.315. The van der Waals surface area contributed by atoms with E-state index in [1.165, 1.54) is 0 Å². The van der Waals surface area contributed by atoms with E-state index in [0.717, 1.165) is 19.3 Å². The number of rotatable bonds is 9. The molecular formula is C17H24O4. The molecule has 0 atom stereocenters. The molecule has 0 saturated heterocycles. The molecule has 0 heterocycles. The Morgan fingerprint density at radius 2 is 1.90 bits per heavy atom. The summed E-state index contributed by atoms with van der Waals surface area (Å²) in [7, 11) is 1.56. The second kappa shape index (κ2) is 9.16. The molecule has 0 radical (unpaired) electrons. The predicted octanol–water partition coefficient (Wildman–Crippen LogP) is 3.56. The van der Waals surface area contributed by atoms with Crippen molar-refractivity contribution in [1.82, 2.24) is 0 Å². The number of hydrogen-bond acceptors (Lipinski definition) is 4. The van der Waals surface area contributed by atoms with Crippen LogP contribution >= 0.6 is 0 Å². The molecule has 0 aliphatic rings. The molecule has 0 amide bonds. The number of carbonyl (C=O) groups is 2. The van der Waals surface area contributed by atoms with E-state index < -0.39 is 0 Å². The smallest absolute Gasteiger partial charge is 0.310 e. The van der Waals surface area contributed by atoms with Crippen LogP contribution in [0.15, 0.2) is 18.2 Å². The van der Waals surface area contributed by atoms with Crippen molar-refractivity contribution in [3.05, 3.63) is 29.3 Å². The summed E-state index contributed by atoms with van der Waals surface area (Å²) in [6, 6.07) is 5.24. The zero-order chi connectivity index (χ0) is 15.7. The molecule has 1 rings (SSSR count). The first-order valence-corrected chi connectivity index (χ1v) is 7.48. The van der Waals surface area contributed by atoms with Crippen LogP contribution in [0.3, 0.4) is 0 Å². The number of unbranched alkanes of at least 4 members (excludes halogenated alkanes) is 2. The fourth-order valence-corrected chi connectivity index (χ4v) is 2.13. The largest absolute Gasteiger partial charge is 0.497 e. The fourth-order valence-electron chi connectivity index (χ4n) is 2.13. The van der Waals surface area contributed by atoms with Gasteiger partial charge in [0.15, 0.2) is 5.78 Å². The standard InChI is InChI=1S/C17H24O4/c1-4-6-7-8-16(18)15-12-14(20-3)10-9-13(15)11-17(19)21-5-2/h9-10,12H,4-8,11H2,1-3H3. The van der Waals surface area contributed by atoms with Crippen LogP contribution in [0.25, 0.3) is 0 Å². The Hall–Kier alpha value is -1.84. The van der Waals surface area contributed by atoms with Gasteiger partial charge >= 0.3 is 5.97 Å². The Labute approximate surface area is 126 Å².